The molecule has 1 saturated heterocycles. The number of fused-ring (bicyclic) bond motifs is 1. The number of carbonyl (C=O) groups is 1. The lowest BCUT2D eigenvalue weighted by atomic mass is 9.89. The third kappa shape index (κ3) is 9.16. The van der Waals surface area contributed by atoms with Gasteiger partial charge in [0, 0.05) is 43.7 Å². The standard InChI is InChI=1S/C18H14F7NO2S.C13H22N2O.C2H2/c19-13-4-6-14(7-5-13)29(28)26-9-1-2-11-10-12(3-8-15(11)26)16(27,17(20,21)22)18(23,24)25;1-5-14-13(10(2)3)12-6-8-15(9-7-12)11(4)16;1-2/h3-8,10,27H,1-2,9H2;5,12,14H,1,6-9H2,2-4H3;1-2H. The molecule has 2 aromatic rings. The van der Waals surface area contributed by atoms with E-state index in [4.69, 9.17) is 0 Å². The molecule has 0 spiro atoms. The van der Waals surface area contributed by atoms with Gasteiger partial charge in [-0.2, -0.15) is 26.3 Å². The maximum atomic E-state index is 13.1. The molecule has 1 amide bonds. The number of anilines is 1. The van der Waals surface area contributed by atoms with E-state index in [2.05, 4.69) is 38.6 Å². The van der Waals surface area contributed by atoms with Gasteiger partial charge in [0.1, 0.15) is 5.82 Å². The zero-order valence-electron chi connectivity index (χ0n) is 26.2. The van der Waals surface area contributed by atoms with E-state index in [1.165, 1.54) is 27.7 Å². The van der Waals surface area contributed by atoms with Crippen LogP contribution in [-0.4, -0.2) is 52.1 Å². The van der Waals surface area contributed by atoms with E-state index in [0.29, 0.717) is 24.5 Å². The molecule has 258 valence electrons. The Morgan fingerprint density at radius 1 is 0.979 bits per heavy atom. The predicted molar refractivity (Wildman–Crippen MR) is 167 cm³/mol. The van der Waals surface area contributed by atoms with E-state index in [-0.39, 0.29) is 35.0 Å². The average molecular weight is 690 g/mol. The summed E-state index contributed by atoms with van der Waals surface area (Å²) in [4.78, 5) is 13.4. The molecule has 0 aromatic heterocycles. The number of aryl methyl sites for hydroxylation is 1. The lowest BCUT2D eigenvalue weighted by Crippen LogP contribution is -2.54. The molecular formula is C33H38F7N3O3S. The minimum atomic E-state index is -5.98. The zero-order valence-corrected chi connectivity index (χ0v) is 27.0. The van der Waals surface area contributed by atoms with Crippen LogP contribution in [0.2, 0.25) is 0 Å². The number of piperidine rings is 1. The highest BCUT2D eigenvalue weighted by atomic mass is 32.2. The quantitative estimate of drug-likeness (QED) is 0.250. The molecule has 2 heterocycles. The second-order valence-corrected chi connectivity index (χ2v) is 12.4. The maximum Gasteiger partial charge on any atom is 0.430 e. The number of halogens is 7. The molecule has 4 rings (SSSR count). The minimum Gasteiger partial charge on any atom is -0.369 e. The first-order chi connectivity index (χ1) is 21.9. The Labute approximate surface area is 272 Å². The molecule has 6 nitrogen and oxygen atoms in total. The Bertz CT molecular complexity index is 1440. The molecule has 1 fully saturated rings. The van der Waals surface area contributed by atoms with Crippen molar-refractivity contribution in [1.29, 1.82) is 0 Å². The molecule has 2 aliphatic rings. The smallest absolute Gasteiger partial charge is 0.369 e. The van der Waals surface area contributed by atoms with Crippen LogP contribution >= 0.6 is 0 Å². The highest BCUT2D eigenvalue weighted by Gasteiger charge is 2.71. The monoisotopic (exact) mass is 689 g/mol. The summed E-state index contributed by atoms with van der Waals surface area (Å²) in [6.45, 7) is 11.6. The van der Waals surface area contributed by atoms with Crippen LogP contribution in [0, 0.1) is 24.6 Å². The second kappa shape index (κ2) is 16.3. The van der Waals surface area contributed by atoms with Gasteiger partial charge in [-0.3, -0.25) is 9.10 Å². The number of rotatable bonds is 6. The van der Waals surface area contributed by atoms with Gasteiger partial charge in [-0.05, 0) is 81.6 Å². The number of likely N-dealkylation sites (tertiary alicyclic amines) is 1. The van der Waals surface area contributed by atoms with Crippen LogP contribution in [0.4, 0.5) is 36.4 Å². The molecule has 0 radical (unpaired) electrons. The molecule has 0 bridgehead atoms. The zero-order chi connectivity index (χ0) is 35.7. The fraction of sp³-hybridized carbons (Fsp3) is 0.424. The van der Waals surface area contributed by atoms with Crippen molar-refractivity contribution in [2.75, 3.05) is 23.9 Å². The van der Waals surface area contributed by atoms with Crippen molar-refractivity contribution < 1.29 is 44.8 Å². The lowest BCUT2D eigenvalue weighted by molar-refractivity contribution is -0.376. The van der Waals surface area contributed by atoms with E-state index in [0.717, 1.165) is 44.1 Å². The van der Waals surface area contributed by atoms with Gasteiger partial charge >= 0.3 is 12.4 Å². The highest BCUT2D eigenvalue weighted by Crippen LogP contribution is 2.51. The van der Waals surface area contributed by atoms with Crippen LogP contribution in [0.25, 0.3) is 0 Å². The average Bonchev–Trinajstić information content (AvgIpc) is 3.02. The van der Waals surface area contributed by atoms with Crippen molar-refractivity contribution in [1.82, 2.24) is 10.2 Å². The fourth-order valence-corrected chi connectivity index (χ4v) is 6.66. The SMILES string of the molecule is C#C.C=CNC(=C(C)C)C1CCN(C(C)=O)CC1.O=S(c1ccc(F)cc1)N1CCCc2cc(C(O)(C(F)(F)F)C(F)(F)F)ccc21. The van der Waals surface area contributed by atoms with Crippen LogP contribution in [0.15, 0.2) is 71.4 Å². The number of aliphatic hydroxyl groups is 1. The van der Waals surface area contributed by atoms with Crippen molar-refractivity contribution in [3.63, 3.8) is 0 Å². The number of nitrogens with one attached hydrogen (secondary N) is 1. The summed E-state index contributed by atoms with van der Waals surface area (Å²) in [7, 11) is -1.84. The first-order valence-corrected chi connectivity index (χ1v) is 15.6. The third-order valence-corrected chi connectivity index (χ3v) is 9.21. The van der Waals surface area contributed by atoms with E-state index in [1.54, 1.807) is 13.1 Å². The number of hydrogen-bond donors (Lipinski definition) is 2. The summed E-state index contributed by atoms with van der Waals surface area (Å²) >= 11 is 0. The topological polar surface area (TPSA) is 72.9 Å². The number of terminal acetylenes is 1. The van der Waals surface area contributed by atoms with Crippen molar-refractivity contribution in [2.45, 2.75) is 69.3 Å². The normalized spacial score (nSPS) is 15.9. The Morgan fingerprint density at radius 2 is 1.53 bits per heavy atom. The van der Waals surface area contributed by atoms with Crippen LogP contribution in [-0.2, 0) is 27.8 Å². The summed E-state index contributed by atoms with van der Waals surface area (Å²) in [6.07, 6.45) is 0.322. The molecule has 2 aromatic carbocycles. The van der Waals surface area contributed by atoms with Gasteiger partial charge in [0.15, 0.2) is 11.0 Å². The largest absolute Gasteiger partial charge is 0.430 e. The van der Waals surface area contributed by atoms with Gasteiger partial charge in [0.25, 0.3) is 5.60 Å². The van der Waals surface area contributed by atoms with Crippen molar-refractivity contribution >= 4 is 22.6 Å². The number of carbonyl (C=O) groups excluding carboxylic acids is 1. The van der Waals surface area contributed by atoms with Crippen LogP contribution < -0.4 is 9.62 Å². The Balaban J connectivity index is 0.000000362. The van der Waals surface area contributed by atoms with Gasteiger partial charge in [0.2, 0.25) is 5.91 Å². The number of hydrogen-bond acceptors (Lipinski definition) is 4. The molecule has 1 unspecified atom stereocenters. The summed E-state index contributed by atoms with van der Waals surface area (Å²) in [5.74, 6) is 0.181. The van der Waals surface area contributed by atoms with Gasteiger partial charge < -0.3 is 15.3 Å². The first kappa shape index (κ1) is 39.3. The predicted octanol–water partition coefficient (Wildman–Crippen LogP) is 7.13. The minimum absolute atomic E-state index is 0.0936. The number of nitrogens with zero attached hydrogens (tertiary/aromatic N) is 2. The number of benzene rings is 2. The summed E-state index contributed by atoms with van der Waals surface area (Å²) in [6, 6.07) is 6.89. The molecule has 1 atom stereocenters. The lowest BCUT2D eigenvalue weighted by Gasteiger charge is -2.35. The summed E-state index contributed by atoms with van der Waals surface area (Å²) < 4.78 is 106. The van der Waals surface area contributed by atoms with Crippen molar-refractivity contribution in [3.8, 4) is 12.8 Å². The van der Waals surface area contributed by atoms with Gasteiger partial charge in [-0.25, -0.2) is 8.60 Å². The Morgan fingerprint density at radius 3 is 2.00 bits per heavy atom. The van der Waals surface area contributed by atoms with E-state index in [1.807, 2.05) is 4.90 Å². The fourth-order valence-electron chi connectivity index (χ4n) is 5.39. The van der Waals surface area contributed by atoms with E-state index >= 15 is 0 Å². The van der Waals surface area contributed by atoms with Crippen LogP contribution in [0.1, 0.15) is 51.2 Å². The van der Waals surface area contributed by atoms with Gasteiger partial charge in [0.05, 0.1) is 10.6 Å². The Hall–Kier alpha value is -3.83. The molecule has 2 aliphatic heterocycles. The summed E-state index contributed by atoms with van der Waals surface area (Å²) in [5.41, 5.74) is -3.51. The van der Waals surface area contributed by atoms with Crippen LogP contribution in [0.5, 0.6) is 0 Å². The third-order valence-electron chi connectivity index (χ3n) is 7.75. The Kier molecular flexibility index (Phi) is 13.7. The number of allylic oxidation sites excluding steroid dienone is 2. The second-order valence-electron chi connectivity index (χ2n) is 11.0. The number of alkyl halides is 6. The molecule has 0 aliphatic carbocycles. The van der Waals surface area contributed by atoms with E-state index < -0.39 is 40.3 Å². The highest BCUT2D eigenvalue weighted by molar-refractivity contribution is 7.86. The summed E-state index contributed by atoms with van der Waals surface area (Å²) in [5, 5.41) is 12.8. The maximum absolute atomic E-state index is 13.1. The van der Waals surface area contributed by atoms with Crippen molar-refractivity contribution in [3.05, 3.63) is 83.5 Å². The van der Waals surface area contributed by atoms with Gasteiger partial charge in [-0.1, -0.05) is 24.3 Å². The van der Waals surface area contributed by atoms with E-state index in [9.17, 15) is 44.8 Å². The van der Waals surface area contributed by atoms with Crippen molar-refractivity contribution in [2.24, 2.45) is 5.92 Å². The first-order valence-electron chi connectivity index (χ1n) is 14.5. The molecular weight excluding hydrogens is 651 g/mol. The van der Waals surface area contributed by atoms with Gasteiger partial charge in [-0.15, -0.1) is 12.8 Å². The number of amides is 1. The molecule has 0 saturated carbocycles. The molecule has 2 N–H and O–H groups in total. The molecule has 14 heteroatoms. The van der Waals surface area contributed by atoms with Crippen LogP contribution in [0.3, 0.4) is 0 Å². The molecule has 47 heavy (non-hydrogen) atoms.